The molecule has 0 aliphatic carbocycles. The molecule has 0 saturated heterocycles. The molecule has 0 unspecified atom stereocenters. The van der Waals surface area contributed by atoms with Crippen molar-refractivity contribution in [2.45, 2.75) is 0 Å². The molecule has 15 rings (SSSR count). The van der Waals surface area contributed by atoms with Gasteiger partial charge >= 0.3 is 0 Å². The number of hydrogen-bond acceptors (Lipinski definition) is 4. The van der Waals surface area contributed by atoms with E-state index in [-0.39, 0.29) is 0 Å². The molecule has 13 aromatic carbocycles. The van der Waals surface area contributed by atoms with E-state index >= 15 is 0 Å². The van der Waals surface area contributed by atoms with Gasteiger partial charge in [-0.15, -0.1) is 0 Å². The zero-order valence-electron chi connectivity index (χ0n) is 37.8. The van der Waals surface area contributed by atoms with E-state index in [0.717, 1.165) is 99.5 Å². The molecule has 2 heterocycles. The molecule has 0 bridgehead atoms. The van der Waals surface area contributed by atoms with Crippen molar-refractivity contribution in [1.82, 2.24) is 0 Å². The van der Waals surface area contributed by atoms with Crippen LogP contribution < -0.4 is 9.80 Å². The fraction of sp³-hybridized carbons (Fsp3) is 0. The van der Waals surface area contributed by atoms with Crippen molar-refractivity contribution in [3.63, 3.8) is 0 Å². The molecule has 0 atom stereocenters. The summed E-state index contributed by atoms with van der Waals surface area (Å²) in [6.45, 7) is 0. The Balaban J connectivity index is 0.959. The summed E-state index contributed by atoms with van der Waals surface area (Å²) in [4.78, 5) is 4.79. The van der Waals surface area contributed by atoms with Crippen molar-refractivity contribution >= 4 is 143 Å². The number of hydrogen-bond donors (Lipinski definition) is 0. The lowest BCUT2D eigenvalue weighted by atomic mass is 9.97. The Labute approximate surface area is 402 Å². The maximum absolute atomic E-state index is 7.01. The Morgan fingerprint density at radius 2 is 0.586 bits per heavy atom. The highest BCUT2D eigenvalue weighted by Gasteiger charge is 2.25. The summed E-state index contributed by atoms with van der Waals surface area (Å²) in [7, 11) is 0. The highest BCUT2D eigenvalue weighted by Crippen LogP contribution is 2.50. The minimum absolute atomic E-state index is 0.783. The van der Waals surface area contributed by atoms with Crippen LogP contribution in [0.1, 0.15) is 0 Å². The van der Waals surface area contributed by atoms with E-state index in [9.17, 15) is 0 Å². The van der Waals surface area contributed by atoms with Crippen LogP contribution in [-0.4, -0.2) is 0 Å². The normalized spacial score (nSPS) is 12.0. The fourth-order valence-electron chi connectivity index (χ4n) is 11.5. The average Bonchev–Trinajstić information content (AvgIpc) is 3.98. The summed E-state index contributed by atoms with van der Waals surface area (Å²) < 4.78 is 14.0. The molecule has 0 aliphatic heterocycles. The van der Waals surface area contributed by atoms with Gasteiger partial charge in [-0.1, -0.05) is 182 Å². The van der Waals surface area contributed by atoms with Crippen molar-refractivity contribution in [3.8, 4) is 0 Å². The predicted molar refractivity (Wildman–Crippen MR) is 295 cm³/mol. The Kier molecular flexibility index (Phi) is 8.33. The standard InChI is InChI=1S/C66H40N2O2/c1-3-19-43(20-4-1)67(57-31-15-29-47-45-23-9-7-17-41(45)33-35-51(47)57)59-38-63-65(53-27-13-11-25-49(53)59)55-37-56-62(40-61(55)69-63)70-64-39-60(50-26-12-14-28-54(50)66(56)64)68(44-21-5-2-6-22-44)58-32-16-30-48-46-24-10-8-18-42(46)34-36-52(48)58/h1-40H. The number of benzene rings is 13. The van der Waals surface area contributed by atoms with Gasteiger partial charge in [-0.25, -0.2) is 0 Å². The zero-order chi connectivity index (χ0) is 45.9. The maximum atomic E-state index is 7.01. The number of para-hydroxylation sites is 2. The van der Waals surface area contributed by atoms with Crippen LogP contribution in [0, 0.1) is 0 Å². The van der Waals surface area contributed by atoms with Gasteiger partial charge in [0.2, 0.25) is 0 Å². The van der Waals surface area contributed by atoms with E-state index < -0.39 is 0 Å². The monoisotopic (exact) mass is 892 g/mol. The number of fused-ring (bicyclic) bond motifs is 16. The molecular formula is C66H40N2O2. The van der Waals surface area contributed by atoms with Crippen molar-refractivity contribution < 1.29 is 8.83 Å². The molecule has 0 fully saturated rings. The number of anilines is 6. The van der Waals surface area contributed by atoms with Crippen molar-refractivity contribution in [1.29, 1.82) is 0 Å². The van der Waals surface area contributed by atoms with Gasteiger partial charge in [0.05, 0.1) is 22.7 Å². The lowest BCUT2D eigenvalue weighted by molar-refractivity contribution is 0.656. The SMILES string of the molecule is c1ccc(N(c2cccc3c2ccc2ccccc23)c2cc3oc4cc5oc6cc(N(c7ccccc7)c7cccc8c7ccc7ccccc78)c7ccccc7c6c5cc4c3c3ccccc23)cc1. The molecule has 326 valence electrons. The third-order valence-corrected chi connectivity index (χ3v) is 14.6. The quantitative estimate of drug-likeness (QED) is 0.156. The van der Waals surface area contributed by atoms with Gasteiger partial charge in [0.1, 0.15) is 22.3 Å². The van der Waals surface area contributed by atoms with Crippen molar-refractivity contribution in [3.05, 3.63) is 243 Å². The van der Waals surface area contributed by atoms with Crippen LogP contribution >= 0.6 is 0 Å². The average molecular weight is 893 g/mol. The molecule has 70 heavy (non-hydrogen) atoms. The second-order valence-corrected chi connectivity index (χ2v) is 18.3. The summed E-state index contributed by atoms with van der Waals surface area (Å²) in [5.74, 6) is 0. The van der Waals surface area contributed by atoms with E-state index in [1.807, 2.05) is 0 Å². The third-order valence-electron chi connectivity index (χ3n) is 14.6. The van der Waals surface area contributed by atoms with Gasteiger partial charge in [0.15, 0.2) is 0 Å². The zero-order valence-corrected chi connectivity index (χ0v) is 37.8. The summed E-state index contributed by atoms with van der Waals surface area (Å²) in [5.41, 5.74) is 9.64. The van der Waals surface area contributed by atoms with E-state index in [0.29, 0.717) is 0 Å². The molecule has 0 aliphatic rings. The van der Waals surface area contributed by atoms with Crippen molar-refractivity contribution in [2.75, 3.05) is 9.80 Å². The van der Waals surface area contributed by atoms with Gasteiger partial charge in [0, 0.05) is 72.7 Å². The van der Waals surface area contributed by atoms with Crippen LogP contribution in [0.2, 0.25) is 0 Å². The predicted octanol–water partition coefficient (Wildman–Crippen LogP) is 19.3. The maximum Gasteiger partial charge on any atom is 0.139 e. The van der Waals surface area contributed by atoms with Gasteiger partial charge < -0.3 is 18.6 Å². The summed E-state index contributed by atoms with van der Waals surface area (Å²) in [5, 5.41) is 18.5. The minimum Gasteiger partial charge on any atom is -0.456 e. The lowest BCUT2D eigenvalue weighted by Gasteiger charge is -2.28. The van der Waals surface area contributed by atoms with Gasteiger partial charge in [0.25, 0.3) is 0 Å². The Bertz CT molecular complexity index is 4320. The van der Waals surface area contributed by atoms with Gasteiger partial charge in [-0.05, 0) is 85.6 Å². The minimum atomic E-state index is 0.783. The Hall–Kier alpha value is -9.38. The van der Waals surface area contributed by atoms with Crippen LogP contribution in [0.25, 0.3) is 109 Å². The van der Waals surface area contributed by atoms with Crippen LogP contribution in [-0.2, 0) is 0 Å². The molecule has 2 aromatic heterocycles. The van der Waals surface area contributed by atoms with Gasteiger partial charge in [-0.2, -0.15) is 0 Å². The second-order valence-electron chi connectivity index (χ2n) is 18.3. The summed E-state index contributed by atoms with van der Waals surface area (Å²) in [6, 6.07) is 87.4. The van der Waals surface area contributed by atoms with Crippen LogP contribution in [0.3, 0.4) is 0 Å². The lowest BCUT2D eigenvalue weighted by Crippen LogP contribution is -2.11. The highest BCUT2D eigenvalue weighted by atomic mass is 16.3. The first-order valence-electron chi connectivity index (χ1n) is 23.9. The van der Waals surface area contributed by atoms with E-state index in [1.54, 1.807) is 0 Å². The van der Waals surface area contributed by atoms with Crippen LogP contribution in [0.15, 0.2) is 251 Å². The van der Waals surface area contributed by atoms with E-state index in [4.69, 9.17) is 8.83 Å². The number of rotatable bonds is 6. The largest absolute Gasteiger partial charge is 0.456 e. The van der Waals surface area contributed by atoms with Crippen LogP contribution in [0.5, 0.6) is 0 Å². The molecular weight excluding hydrogens is 853 g/mol. The fourth-order valence-corrected chi connectivity index (χ4v) is 11.5. The molecule has 15 aromatic rings. The summed E-state index contributed by atoms with van der Waals surface area (Å²) in [6.07, 6.45) is 0. The second kappa shape index (κ2) is 15.1. The molecule has 4 nitrogen and oxygen atoms in total. The number of nitrogens with zero attached hydrogens (tertiary/aromatic N) is 2. The molecule has 0 saturated carbocycles. The molecule has 0 radical (unpaired) electrons. The Morgan fingerprint density at radius 1 is 0.214 bits per heavy atom. The summed E-state index contributed by atoms with van der Waals surface area (Å²) >= 11 is 0. The molecule has 4 heteroatoms. The topological polar surface area (TPSA) is 32.8 Å². The van der Waals surface area contributed by atoms with Crippen LogP contribution in [0.4, 0.5) is 34.1 Å². The van der Waals surface area contributed by atoms with Gasteiger partial charge in [-0.3, -0.25) is 0 Å². The van der Waals surface area contributed by atoms with E-state index in [1.165, 1.54) is 43.1 Å². The first kappa shape index (κ1) is 38.7. The molecule has 0 amide bonds. The number of furan rings is 2. The van der Waals surface area contributed by atoms with Crippen molar-refractivity contribution in [2.24, 2.45) is 0 Å². The smallest absolute Gasteiger partial charge is 0.139 e. The van der Waals surface area contributed by atoms with E-state index in [2.05, 4.69) is 252 Å². The highest BCUT2D eigenvalue weighted by molar-refractivity contribution is 6.29. The molecule has 0 spiro atoms. The third kappa shape index (κ3) is 5.71. The Morgan fingerprint density at radius 3 is 1.04 bits per heavy atom. The molecule has 0 N–H and O–H groups in total. The first-order chi connectivity index (χ1) is 34.7. The first-order valence-corrected chi connectivity index (χ1v) is 23.9.